The number of hydrogen-bond acceptors (Lipinski definition) is 4. The minimum atomic E-state index is -0.230. The summed E-state index contributed by atoms with van der Waals surface area (Å²) in [5.41, 5.74) is 3.76. The summed E-state index contributed by atoms with van der Waals surface area (Å²) in [7, 11) is 0. The van der Waals surface area contributed by atoms with E-state index in [1.807, 2.05) is 41.7 Å². The Hall–Kier alpha value is -2.28. The summed E-state index contributed by atoms with van der Waals surface area (Å²) in [4.78, 5) is 12.5. The first-order valence-electron chi connectivity index (χ1n) is 9.04. The Bertz CT molecular complexity index is 1220. The molecule has 1 amide bonds. The molecule has 8 heteroatoms. The van der Waals surface area contributed by atoms with Crippen molar-refractivity contribution >= 4 is 57.4 Å². The van der Waals surface area contributed by atoms with Crippen LogP contribution in [0.15, 0.2) is 53.7 Å². The molecule has 0 aliphatic rings. The Morgan fingerprint density at radius 2 is 1.97 bits per heavy atom. The molecule has 0 radical (unpaired) electrons. The predicted molar refractivity (Wildman–Crippen MR) is 119 cm³/mol. The van der Waals surface area contributed by atoms with Crippen LogP contribution in [0.25, 0.3) is 16.6 Å². The van der Waals surface area contributed by atoms with Gasteiger partial charge in [0.05, 0.1) is 17.3 Å². The average molecular weight is 445 g/mol. The highest BCUT2D eigenvalue weighted by Gasteiger charge is 2.16. The molecule has 1 unspecified atom stereocenters. The van der Waals surface area contributed by atoms with E-state index in [1.54, 1.807) is 12.1 Å². The molecule has 2 aromatic carbocycles. The van der Waals surface area contributed by atoms with E-state index in [4.69, 9.17) is 23.2 Å². The van der Waals surface area contributed by atoms with Crippen molar-refractivity contribution in [2.45, 2.75) is 25.0 Å². The van der Waals surface area contributed by atoms with Gasteiger partial charge in [-0.25, -0.2) is 0 Å². The zero-order valence-corrected chi connectivity index (χ0v) is 18.1. The SMILES string of the molecule is Cc1cc2nnc(SCC(=O)NC(C)c3ccc(Cl)cc3Cl)n2c2ccccc12. The molecule has 2 aromatic heterocycles. The van der Waals surface area contributed by atoms with Gasteiger partial charge in [0.15, 0.2) is 10.8 Å². The van der Waals surface area contributed by atoms with Gasteiger partial charge in [-0.2, -0.15) is 0 Å². The average Bonchev–Trinajstić information content (AvgIpc) is 3.09. The number of fused-ring (bicyclic) bond motifs is 3. The normalized spacial score (nSPS) is 12.4. The van der Waals surface area contributed by atoms with E-state index in [0.29, 0.717) is 15.2 Å². The zero-order valence-electron chi connectivity index (χ0n) is 15.8. The lowest BCUT2D eigenvalue weighted by atomic mass is 10.1. The molecule has 0 spiro atoms. The number of pyridine rings is 1. The number of aryl methyl sites for hydroxylation is 1. The number of para-hydroxylation sites is 1. The number of carbonyl (C=O) groups is 1. The van der Waals surface area contributed by atoms with E-state index < -0.39 is 0 Å². The second kappa shape index (κ2) is 8.22. The molecule has 4 aromatic rings. The van der Waals surface area contributed by atoms with E-state index in [9.17, 15) is 4.79 Å². The first-order chi connectivity index (χ1) is 13.9. The largest absolute Gasteiger partial charge is 0.349 e. The Morgan fingerprint density at radius 1 is 1.17 bits per heavy atom. The monoisotopic (exact) mass is 444 g/mol. The number of amides is 1. The van der Waals surface area contributed by atoms with Gasteiger partial charge in [-0.1, -0.05) is 59.2 Å². The maximum atomic E-state index is 12.5. The van der Waals surface area contributed by atoms with Gasteiger partial charge in [-0.3, -0.25) is 9.20 Å². The number of hydrogen-bond donors (Lipinski definition) is 1. The molecule has 0 bridgehead atoms. The van der Waals surface area contributed by atoms with Crippen LogP contribution in [-0.2, 0) is 4.79 Å². The van der Waals surface area contributed by atoms with Crippen LogP contribution in [0, 0.1) is 6.92 Å². The number of nitrogens with zero attached hydrogens (tertiary/aromatic N) is 3. The van der Waals surface area contributed by atoms with Gasteiger partial charge in [0, 0.05) is 15.4 Å². The fourth-order valence-corrected chi connectivity index (χ4v) is 4.65. The van der Waals surface area contributed by atoms with Crippen LogP contribution in [0.2, 0.25) is 10.0 Å². The highest BCUT2D eigenvalue weighted by Crippen LogP contribution is 2.27. The third-order valence-corrected chi connectivity index (χ3v) is 6.20. The van der Waals surface area contributed by atoms with E-state index in [2.05, 4.69) is 28.5 Å². The van der Waals surface area contributed by atoms with Crippen LogP contribution in [0.4, 0.5) is 0 Å². The van der Waals surface area contributed by atoms with Crippen LogP contribution >= 0.6 is 35.0 Å². The number of benzene rings is 2. The second-order valence-corrected chi connectivity index (χ2v) is 8.55. The van der Waals surface area contributed by atoms with Crippen molar-refractivity contribution in [2.75, 3.05) is 5.75 Å². The van der Waals surface area contributed by atoms with Gasteiger partial charge >= 0.3 is 0 Å². The standard InChI is InChI=1S/C21H18Cl2N4OS/c1-12-9-19-25-26-21(27(19)18-6-4-3-5-15(12)18)29-11-20(28)24-13(2)16-8-7-14(22)10-17(16)23/h3-10,13H,11H2,1-2H3,(H,24,28). The molecule has 4 rings (SSSR count). The van der Waals surface area contributed by atoms with Crippen molar-refractivity contribution in [3.8, 4) is 0 Å². The molecule has 2 heterocycles. The molecule has 0 fully saturated rings. The first kappa shape index (κ1) is 20.0. The summed E-state index contributed by atoms with van der Waals surface area (Å²) in [6.45, 7) is 3.95. The van der Waals surface area contributed by atoms with E-state index in [1.165, 1.54) is 11.8 Å². The first-order valence-corrected chi connectivity index (χ1v) is 10.8. The molecule has 0 aliphatic heterocycles. The Labute approximate surface area is 182 Å². The summed E-state index contributed by atoms with van der Waals surface area (Å²) in [5.74, 6) is 0.111. The van der Waals surface area contributed by atoms with Crippen LogP contribution in [0.1, 0.15) is 24.1 Å². The van der Waals surface area contributed by atoms with E-state index in [0.717, 1.165) is 27.7 Å². The molecule has 1 N–H and O–H groups in total. The molecular formula is C21H18Cl2N4OS. The lowest BCUT2D eigenvalue weighted by Gasteiger charge is -2.15. The van der Waals surface area contributed by atoms with Gasteiger partial charge < -0.3 is 5.32 Å². The summed E-state index contributed by atoms with van der Waals surface area (Å²) in [6.07, 6.45) is 0. The highest BCUT2D eigenvalue weighted by atomic mass is 35.5. The molecule has 148 valence electrons. The van der Waals surface area contributed by atoms with Crippen LogP contribution in [-0.4, -0.2) is 26.3 Å². The Morgan fingerprint density at radius 3 is 2.76 bits per heavy atom. The van der Waals surface area contributed by atoms with Gasteiger partial charge in [0.1, 0.15) is 0 Å². The van der Waals surface area contributed by atoms with Crippen LogP contribution in [0.3, 0.4) is 0 Å². The lowest BCUT2D eigenvalue weighted by Crippen LogP contribution is -2.28. The molecular weight excluding hydrogens is 427 g/mol. The van der Waals surface area contributed by atoms with Gasteiger partial charge in [0.25, 0.3) is 0 Å². The summed E-state index contributed by atoms with van der Waals surface area (Å²) in [5, 5.41) is 14.4. The summed E-state index contributed by atoms with van der Waals surface area (Å²) < 4.78 is 1.99. The molecule has 0 saturated carbocycles. The third kappa shape index (κ3) is 4.06. The maximum Gasteiger partial charge on any atom is 0.230 e. The fourth-order valence-electron chi connectivity index (χ4n) is 3.31. The van der Waals surface area contributed by atoms with Crippen molar-refractivity contribution in [2.24, 2.45) is 0 Å². The third-order valence-electron chi connectivity index (χ3n) is 4.71. The maximum absolute atomic E-state index is 12.5. The summed E-state index contributed by atoms with van der Waals surface area (Å²) >= 11 is 13.5. The minimum absolute atomic E-state index is 0.110. The number of nitrogens with one attached hydrogen (secondary N) is 1. The number of aromatic nitrogens is 3. The van der Waals surface area contributed by atoms with Gasteiger partial charge in [-0.15, -0.1) is 10.2 Å². The topological polar surface area (TPSA) is 59.3 Å². The van der Waals surface area contributed by atoms with Gasteiger partial charge in [-0.05, 0) is 49.2 Å². The lowest BCUT2D eigenvalue weighted by molar-refractivity contribution is -0.119. The number of rotatable bonds is 5. The van der Waals surface area contributed by atoms with Crippen LogP contribution in [0.5, 0.6) is 0 Å². The van der Waals surface area contributed by atoms with Gasteiger partial charge in [0.2, 0.25) is 5.91 Å². The van der Waals surface area contributed by atoms with Crippen LogP contribution < -0.4 is 5.32 Å². The predicted octanol–water partition coefficient (Wildman–Crippen LogP) is 5.47. The smallest absolute Gasteiger partial charge is 0.230 e. The molecule has 0 saturated heterocycles. The second-order valence-electron chi connectivity index (χ2n) is 6.76. The number of carbonyl (C=O) groups excluding carboxylic acids is 1. The molecule has 0 aliphatic carbocycles. The molecule has 29 heavy (non-hydrogen) atoms. The zero-order chi connectivity index (χ0) is 20.5. The number of halogens is 2. The van der Waals surface area contributed by atoms with E-state index in [-0.39, 0.29) is 17.7 Å². The highest BCUT2D eigenvalue weighted by molar-refractivity contribution is 7.99. The van der Waals surface area contributed by atoms with E-state index >= 15 is 0 Å². The summed E-state index contributed by atoms with van der Waals surface area (Å²) in [6, 6.07) is 15.1. The Kier molecular flexibility index (Phi) is 5.67. The minimum Gasteiger partial charge on any atom is -0.349 e. The Balaban J connectivity index is 1.51. The van der Waals surface area contributed by atoms with Crippen molar-refractivity contribution < 1.29 is 4.79 Å². The van der Waals surface area contributed by atoms with Crippen molar-refractivity contribution in [3.05, 3.63) is 69.7 Å². The number of thioether (sulfide) groups is 1. The molecule has 5 nitrogen and oxygen atoms in total. The fraction of sp³-hybridized carbons (Fsp3) is 0.190. The molecule has 1 atom stereocenters. The quantitative estimate of drug-likeness (QED) is 0.414. The van der Waals surface area contributed by atoms with Crippen molar-refractivity contribution in [1.29, 1.82) is 0 Å². The van der Waals surface area contributed by atoms with Crippen molar-refractivity contribution in [1.82, 2.24) is 19.9 Å². The van der Waals surface area contributed by atoms with Crippen molar-refractivity contribution in [3.63, 3.8) is 0 Å².